The van der Waals surface area contributed by atoms with Crippen molar-refractivity contribution in [3.63, 3.8) is 0 Å². The lowest BCUT2D eigenvalue weighted by Gasteiger charge is -2.65. The summed E-state index contributed by atoms with van der Waals surface area (Å²) >= 11 is 0. The third-order valence-corrected chi connectivity index (χ3v) is 12.5. The summed E-state index contributed by atoms with van der Waals surface area (Å²) in [6, 6.07) is 0. The Balaban J connectivity index is 1.58. The highest BCUT2D eigenvalue weighted by molar-refractivity contribution is 5.48. The molecule has 0 saturated heterocycles. The summed E-state index contributed by atoms with van der Waals surface area (Å²) in [5.74, 6) is 5.16. The Morgan fingerprint density at radius 3 is 2.30 bits per heavy atom. The van der Waals surface area contributed by atoms with Crippen molar-refractivity contribution in [1.29, 1.82) is 0 Å². The number of rotatable bonds is 1. The zero-order valence-electron chi connectivity index (χ0n) is 21.3. The summed E-state index contributed by atoms with van der Waals surface area (Å²) < 4.78 is 0. The normalized spacial score (nSPS) is 55.2. The van der Waals surface area contributed by atoms with Crippen LogP contribution in [-0.2, 0) is 0 Å². The molecule has 30 heavy (non-hydrogen) atoms. The fraction of sp³-hybridized carbons (Fsp3) is 0.867. The summed E-state index contributed by atoms with van der Waals surface area (Å²) in [5, 5.41) is 0. The molecule has 0 unspecified atom stereocenters. The highest BCUT2D eigenvalue weighted by Gasteiger charge is 2.66. The van der Waals surface area contributed by atoms with Crippen LogP contribution >= 0.6 is 0 Å². The molecule has 0 heteroatoms. The fourth-order valence-electron chi connectivity index (χ4n) is 10.3. The molecule has 0 heterocycles. The second-order valence-electron chi connectivity index (χ2n) is 13.9. The molecule has 0 N–H and O–H groups in total. The van der Waals surface area contributed by atoms with Crippen molar-refractivity contribution in [2.24, 2.45) is 57.2 Å². The van der Waals surface area contributed by atoms with Crippen molar-refractivity contribution in [3.8, 4) is 0 Å². The molecule has 3 saturated carbocycles. The Kier molecular flexibility index (Phi) is 4.63. The van der Waals surface area contributed by atoms with Gasteiger partial charge in [0.25, 0.3) is 0 Å². The molecule has 5 aliphatic carbocycles. The van der Waals surface area contributed by atoms with Gasteiger partial charge in [0.1, 0.15) is 0 Å². The molecule has 0 aromatic heterocycles. The lowest BCUT2D eigenvalue weighted by atomic mass is 9.39. The Morgan fingerprint density at radius 2 is 1.60 bits per heavy atom. The lowest BCUT2D eigenvalue weighted by Crippen LogP contribution is -2.57. The van der Waals surface area contributed by atoms with Crippen LogP contribution in [0.4, 0.5) is 0 Å². The van der Waals surface area contributed by atoms with E-state index in [1.807, 2.05) is 11.1 Å². The highest BCUT2D eigenvalue weighted by atomic mass is 14.7. The predicted octanol–water partition coefficient (Wildman–Crippen LogP) is 8.83. The van der Waals surface area contributed by atoms with E-state index in [2.05, 4.69) is 67.5 Å². The average molecular weight is 409 g/mol. The van der Waals surface area contributed by atoms with Gasteiger partial charge >= 0.3 is 0 Å². The van der Waals surface area contributed by atoms with E-state index < -0.39 is 0 Å². The number of fused-ring (bicyclic) bond motifs is 7. The SMILES string of the molecule is CC(C)[C@H]1CC[C@@H]2[C@]1(C)CC[C@]1(C)C3=CC[C@@]4(C)CC[C@@H](C)[C@H](C)[C@@H]4C3=CC[C@@]21C. The molecule has 3 fully saturated rings. The van der Waals surface area contributed by atoms with E-state index in [-0.39, 0.29) is 0 Å². The lowest BCUT2D eigenvalue weighted by molar-refractivity contribution is -0.101. The zero-order chi connectivity index (χ0) is 21.7. The van der Waals surface area contributed by atoms with Crippen molar-refractivity contribution in [3.05, 3.63) is 23.3 Å². The van der Waals surface area contributed by atoms with Crippen molar-refractivity contribution < 1.29 is 0 Å². The quantitative estimate of drug-likeness (QED) is 0.406. The first kappa shape index (κ1) is 21.3. The molecular weight excluding hydrogens is 360 g/mol. The third-order valence-electron chi connectivity index (χ3n) is 12.5. The molecule has 0 nitrogen and oxygen atoms in total. The van der Waals surface area contributed by atoms with E-state index in [4.69, 9.17) is 0 Å². The number of hydrogen-bond acceptors (Lipinski definition) is 0. The first-order valence-corrected chi connectivity index (χ1v) is 13.4. The molecule has 5 aliphatic rings. The van der Waals surface area contributed by atoms with Crippen LogP contribution in [0.5, 0.6) is 0 Å². The topological polar surface area (TPSA) is 0 Å². The fourth-order valence-corrected chi connectivity index (χ4v) is 10.3. The van der Waals surface area contributed by atoms with E-state index in [1.165, 1.54) is 51.4 Å². The van der Waals surface area contributed by atoms with Gasteiger partial charge in [-0.15, -0.1) is 0 Å². The van der Waals surface area contributed by atoms with Gasteiger partial charge in [-0.2, -0.15) is 0 Å². The molecule has 0 aromatic rings. The Bertz CT molecular complexity index is 784. The Morgan fingerprint density at radius 1 is 0.867 bits per heavy atom. The number of allylic oxidation sites excluding steroid dienone is 4. The van der Waals surface area contributed by atoms with Gasteiger partial charge < -0.3 is 0 Å². The van der Waals surface area contributed by atoms with Gasteiger partial charge in [-0.3, -0.25) is 0 Å². The third kappa shape index (κ3) is 2.46. The van der Waals surface area contributed by atoms with Crippen LogP contribution < -0.4 is 0 Å². The minimum Gasteiger partial charge on any atom is -0.0801 e. The van der Waals surface area contributed by atoms with E-state index in [1.54, 1.807) is 0 Å². The molecule has 0 amide bonds. The summed E-state index contributed by atoms with van der Waals surface area (Å²) in [7, 11) is 0. The molecule has 0 radical (unpaired) electrons. The smallest absolute Gasteiger partial charge is 0.00159 e. The van der Waals surface area contributed by atoms with Crippen LogP contribution in [0, 0.1) is 57.2 Å². The van der Waals surface area contributed by atoms with Crippen molar-refractivity contribution in [1.82, 2.24) is 0 Å². The van der Waals surface area contributed by atoms with Crippen LogP contribution in [0.25, 0.3) is 0 Å². The standard InChI is InChI=1S/C30H48/c1-19(2)23-9-10-25-28(23,6)17-18-29(7)24-13-15-27(5)14-11-20(3)21(4)26(27)22(24)12-16-30(25,29)8/h12-13,19-21,23,25-26H,9-11,14-18H2,1-8H3/t20-,21+,23-,25-,26-,27-,28-,29-,30+/m1/s1. The maximum absolute atomic E-state index is 2.79. The number of hydrogen-bond donors (Lipinski definition) is 0. The summed E-state index contributed by atoms with van der Waals surface area (Å²) in [5.41, 5.74) is 5.51. The van der Waals surface area contributed by atoms with E-state index in [0.717, 1.165) is 35.5 Å². The maximum Gasteiger partial charge on any atom is -0.00159 e. The van der Waals surface area contributed by atoms with Crippen molar-refractivity contribution in [2.75, 3.05) is 0 Å². The second kappa shape index (κ2) is 6.51. The second-order valence-corrected chi connectivity index (χ2v) is 13.9. The molecule has 0 aromatic carbocycles. The van der Waals surface area contributed by atoms with E-state index in [0.29, 0.717) is 21.7 Å². The van der Waals surface area contributed by atoms with Crippen LogP contribution in [0.2, 0.25) is 0 Å². The zero-order valence-corrected chi connectivity index (χ0v) is 21.3. The molecule has 0 bridgehead atoms. The van der Waals surface area contributed by atoms with Crippen molar-refractivity contribution >= 4 is 0 Å². The van der Waals surface area contributed by atoms with E-state index in [9.17, 15) is 0 Å². The van der Waals surface area contributed by atoms with Crippen LogP contribution in [0.15, 0.2) is 23.3 Å². The van der Waals surface area contributed by atoms with Gasteiger partial charge in [-0.1, -0.05) is 67.5 Å². The maximum atomic E-state index is 2.79. The summed E-state index contributed by atoms with van der Waals surface area (Å²) in [6.07, 6.45) is 16.9. The highest BCUT2D eigenvalue weighted by Crippen LogP contribution is 2.74. The molecule has 5 rings (SSSR count). The first-order valence-electron chi connectivity index (χ1n) is 13.4. The van der Waals surface area contributed by atoms with Gasteiger partial charge in [-0.05, 0) is 120 Å². The largest absolute Gasteiger partial charge is 0.0801 e. The predicted molar refractivity (Wildman–Crippen MR) is 129 cm³/mol. The molecular formula is C30H48. The monoisotopic (exact) mass is 408 g/mol. The van der Waals surface area contributed by atoms with Gasteiger partial charge in [0.15, 0.2) is 0 Å². The minimum atomic E-state index is 0.384. The molecule has 0 spiro atoms. The molecule has 9 atom stereocenters. The summed E-state index contributed by atoms with van der Waals surface area (Å²) in [6.45, 7) is 20.8. The summed E-state index contributed by atoms with van der Waals surface area (Å²) in [4.78, 5) is 0. The molecule has 0 aliphatic heterocycles. The Labute approximate surface area is 187 Å². The van der Waals surface area contributed by atoms with Crippen LogP contribution in [0.3, 0.4) is 0 Å². The average Bonchev–Trinajstić information content (AvgIpc) is 3.05. The van der Waals surface area contributed by atoms with Crippen LogP contribution in [0.1, 0.15) is 107 Å². The van der Waals surface area contributed by atoms with Gasteiger partial charge in [0.2, 0.25) is 0 Å². The van der Waals surface area contributed by atoms with Gasteiger partial charge in [0.05, 0.1) is 0 Å². The van der Waals surface area contributed by atoms with Crippen molar-refractivity contribution in [2.45, 2.75) is 107 Å². The van der Waals surface area contributed by atoms with Crippen LogP contribution in [-0.4, -0.2) is 0 Å². The molecule has 168 valence electrons. The van der Waals surface area contributed by atoms with E-state index >= 15 is 0 Å². The van der Waals surface area contributed by atoms with Gasteiger partial charge in [0, 0.05) is 0 Å². The Hall–Kier alpha value is -0.520. The van der Waals surface area contributed by atoms with Gasteiger partial charge in [-0.25, -0.2) is 0 Å². The minimum absolute atomic E-state index is 0.384. The first-order chi connectivity index (χ1) is 14.0.